The zero-order valence-electron chi connectivity index (χ0n) is 27.2. The number of H-pyrrole nitrogens is 1. The summed E-state index contributed by atoms with van der Waals surface area (Å²) in [6, 6.07) is 16.9. The Morgan fingerprint density at radius 1 is 0.957 bits per heavy atom. The molecule has 0 bridgehead atoms. The highest BCUT2D eigenvalue weighted by Crippen LogP contribution is 2.32. The number of ether oxygens (including phenoxy) is 1. The van der Waals surface area contributed by atoms with E-state index in [-0.39, 0.29) is 30.1 Å². The van der Waals surface area contributed by atoms with Crippen LogP contribution < -0.4 is 15.0 Å². The Bertz CT molecular complexity index is 1420. The monoisotopic (exact) mass is 648 g/mol. The molecule has 2 aliphatic heterocycles. The average Bonchev–Trinajstić information content (AvgIpc) is 3.63. The minimum absolute atomic E-state index is 0. The number of rotatable bonds is 9. The fourth-order valence-electron chi connectivity index (χ4n) is 7.17. The van der Waals surface area contributed by atoms with E-state index in [1.807, 2.05) is 49.3 Å². The van der Waals surface area contributed by atoms with E-state index >= 15 is 0 Å². The topological polar surface area (TPSA) is 93.8 Å². The molecule has 3 aliphatic rings. The van der Waals surface area contributed by atoms with Crippen LogP contribution in [0.15, 0.2) is 60.9 Å². The van der Waals surface area contributed by atoms with E-state index in [2.05, 4.69) is 55.6 Å². The Morgan fingerprint density at radius 3 is 2.43 bits per heavy atom. The second-order valence-electron chi connectivity index (χ2n) is 13.4. The number of aromatic amines is 1. The van der Waals surface area contributed by atoms with Gasteiger partial charge in [0.2, 0.25) is 5.91 Å². The summed E-state index contributed by atoms with van der Waals surface area (Å²) in [6.45, 7) is 8.95. The van der Waals surface area contributed by atoms with Crippen molar-refractivity contribution in [3.05, 3.63) is 66.5 Å². The molecule has 2 saturated heterocycles. The van der Waals surface area contributed by atoms with Gasteiger partial charge in [0.1, 0.15) is 5.75 Å². The molecule has 3 heterocycles. The Labute approximate surface area is 279 Å². The van der Waals surface area contributed by atoms with Crippen molar-refractivity contribution in [3.8, 4) is 16.9 Å². The van der Waals surface area contributed by atoms with Crippen LogP contribution in [0.5, 0.6) is 5.75 Å². The lowest BCUT2D eigenvalue weighted by molar-refractivity contribution is -0.146. The lowest BCUT2D eigenvalue weighted by Gasteiger charge is -2.40. The fraction of sp³-hybridized carbons (Fsp3) is 0.528. The van der Waals surface area contributed by atoms with Gasteiger partial charge in [0.05, 0.1) is 12.1 Å². The molecule has 2 N–H and O–H groups in total. The molecule has 0 unspecified atom stereocenters. The van der Waals surface area contributed by atoms with Crippen LogP contribution >= 0.6 is 12.4 Å². The molecule has 2 aromatic carbocycles. The van der Waals surface area contributed by atoms with Gasteiger partial charge in [-0.25, -0.2) is 0 Å². The van der Waals surface area contributed by atoms with Crippen LogP contribution in [-0.4, -0.2) is 82.7 Å². The molecule has 0 spiro atoms. The Kier molecular flexibility index (Phi) is 11.3. The molecule has 6 rings (SSSR count). The smallest absolute Gasteiger partial charge is 0.266 e. The Morgan fingerprint density at radius 2 is 1.72 bits per heavy atom. The normalized spacial score (nSPS) is 19.3. The number of nitrogens with one attached hydrogen (secondary N) is 2. The molecule has 10 heteroatoms. The van der Waals surface area contributed by atoms with E-state index in [0.29, 0.717) is 38.0 Å². The largest absolute Gasteiger partial charge is 0.478 e. The van der Waals surface area contributed by atoms with E-state index < -0.39 is 5.60 Å². The molecule has 1 aromatic heterocycles. The van der Waals surface area contributed by atoms with Crippen molar-refractivity contribution in [2.75, 3.05) is 44.2 Å². The zero-order valence-corrected chi connectivity index (χ0v) is 28.1. The maximum atomic E-state index is 14.3. The SMILES string of the molecule is CC(C)(Oc1cccc(N2CCC[C@H](C(=O)N(Cc3ccc(-c4cn[nH]c4)cc3)C3CCCCC3)C2)c1)C(=O)N1CCNCC1.Cl. The fourth-order valence-corrected chi connectivity index (χ4v) is 7.17. The minimum atomic E-state index is -0.965. The van der Waals surface area contributed by atoms with Crippen LogP contribution in [0, 0.1) is 5.92 Å². The van der Waals surface area contributed by atoms with E-state index in [1.54, 1.807) is 0 Å². The number of nitrogens with zero attached hydrogens (tertiary/aromatic N) is 4. The second-order valence-corrected chi connectivity index (χ2v) is 13.4. The molecular formula is C36H49ClN6O3. The first-order valence-corrected chi connectivity index (χ1v) is 16.8. The van der Waals surface area contributed by atoms with Crippen LogP contribution in [0.25, 0.3) is 11.1 Å². The maximum Gasteiger partial charge on any atom is 0.266 e. The number of piperidine rings is 1. The molecule has 46 heavy (non-hydrogen) atoms. The van der Waals surface area contributed by atoms with Gasteiger partial charge in [-0.15, -0.1) is 12.4 Å². The van der Waals surface area contributed by atoms with Crippen molar-refractivity contribution in [2.45, 2.75) is 77.0 Å². The number of aromatic nitrogens is 2. The van der Waals surface area contributed by atoms with Gasteiger partial charge < -0.3 is 24.8 Å². The number of hydrogen-bond donors (Lipinski definition) is 2. The predicted molar refractivity (Wildman–Crippen MR) is 184 cm³/mol. The maximum absolute atomic E-state index is 14.3. The summed E-state index contributed by atoms with van der Waals surface area (Å²) in [4.78, 5) is 34.0. The number of piperazine rings is 1. The number of halogens is 1. The predicted octanol–water partition coefficient (Wildman–Crippen LogP) is 5.67. The molecule has 1 aliphatic carbocycles. The van der Waals surface area contributed by atoms with Crippen molar-refractivity contribution in [3.63, 3.8) is 0 Å². The summed E-state index contributed by atoms with van der Waals surface area (Å²) in [5, 5.41) is 10.3. The molecule has 2 amide bonds. The first kappa shape index (κ1) is 33.8. The molecule has 1 atom stereocenters. The third kappa shape index (κ3) is 8.04. The molecule has 1 saturated carbocycles. The minimum Gasteiger partial charge on any atom is -0.478 e. The second kappa shape index (κ2) is 15.4. The van der Waals surface area contributed by atoms with Crippen LogP contribution in [0.4, 0.5) is 5.69 Å². The van der Waals surface area contributed by atoms with Gasteiger partial charge >= 0.3 is 0 Å². The summed E-state index contributed by atoms with van der Waals surface area (Å²) in [7, 11) is 0. The first-order valence-electron chi connectivity index (χ1n) is 16.8. The van der Waals surface area contributed by atoms with E-state index in [4.69, 9.17) is 4.74 Å². The lowest BCUT2D eigenvalue weighted by Crippen LogP contribution is -2.54. The first-order chi connectivity index (χ1) is 21.9. The number of amides is 2. The summed E-state index contributed by atoms with van der Waals surface area (Å²) >= 11 is 0. The third-order valence-electron chi connectivity index (χ3n) is 9.68. The molecule has 248 valence electrons. The number of benzene rings is 2. The lowest BCUT2D eigenvalue weighted by atomic mass is 9.90. The van der Waals surface area contributed by atoms with Crippen LogP contribution in [0.1, 0.15) is 64.4 Å². The van der Waals surface area contributed by atoms with E-state index in [1.165, 1.54) is 19.3 Å². The molecular weight excluding hydrogens is 600 g/mol. The molecule has 9 nitrogen and oxygen atoms in total. The summed E-state index contributed by atoms with van der Waals surface area (Å²) in [5.74, 6) is 0.913. The van der Waals surface area contributed by atoms with E-state index in [0.717, 1.165) is 67.7 Å². The standard InChI is InChI=1S/C36H48N6O3.ClH/c1-36(2,35(44)40-20-17-37-18-21-40)45-33-12-6-11-32(22-33)41-19-7-8-29(26-41)34(43)42(31-9-4-3-5-10-31)25-27-13-15-28(16-14-27)30-23-38-39-24-30;/h6,11-16,22-24,29,31,37H,3-5,7-10,17-21,25-26H2,1-2H3,(H,38,39);1H/t29-;/m0./s1. The molecule has 3 aromatic rings. The van der Waals surface area contributed by atoms with Gasteiger partial charge in [-0.3, -0.25) is 14.7 Å². The zero-order chi connectivity index (χ0) is 31.2. The van der Waals surface area contributed by atoms with E-state index in [9.17, 15) is 9.59 Å². The highest BCUT2D eigenvalue weighted by molar-refractivity contribution is 5.85. The summed E-state index contributed by atoms with van der Waals surface area (Å²) in [6.07, 6.45) is 11.4. The van der Waals surface area contributed by atoms with Gasteiger partial charge in [-0.05, 0) is 62.8 Å². The summed E-state index contributed by atoms with van der Waals surface area (Å²) in [5.41, 5.74) is 3.42. The number of hydrogen-bond acceptors (Lipinski definition) is 6. The van der Waals surface area contributed by atoms with Gasteiger partial charge in [-0.1, -0.05) is 49.6 Å². The molecule has 3 fully saturated rings. The summed E-state index contributed by atoms with van der Waals surface area (Å²) < 4.78 is 6.32. The van der Waals surface area contributed by atoms with Crippen LogP contribution in [-0.2, 0) is 16.1 Å². The number of carbonyl (C=O) groups excluding carboxylic acids is 2. The molecule has 0 radical (unpaired) electrons. The van der Waals surface area contributed by atoms with Crippen molar-refractivity contribution in [2.24, 2.45) is 5.92 Å². The Hall–Kier alpha value is -3.56. The average molecular weight is 649 g/mol. The Balaban J connectivity index is 0.00000417. The van der Waals surface area contributed by atoms with Gasteiger partial charge in [-0.2, -0.15) is 5.10 Å². The quantitative estimate of drug-likeness (QED) is 0.311. The highest BCUT2D eigenvalue weighted by Gasteiger charge is 2.36. The number of carbonyl (C=O) groups is 2. The van der Waals surface area contributed by atoms with Crippen molar-refractivity contribution in [1.82, 2.24) is 25.3 Å². The van der Waals surface area contributed by atoms with Crippen molar-refractivity contribution >= 4 is 29.9 Å². The number of anilines is 1. The van der Waals surface area contributed by atoms with Gasteiger partial charge in [0, 0.05) is 75.4 Å². The van der Waals surface area contributed by atoms with Crippen LogP contribution in [0.2, 0.25) is 0 Å². The van der Waals surface area contributed by atoms with Crippen LogP contribution in [0.3, 0.4) is 0 Å². The third-order valence-corrected chi connectivity index (χ3v) is 9.68. The highest BCUT2D eigenvalue weighted by atomic mass is 35.5. The van der Waals surface area contributed by atoms with Gasteiger partial charge in [0.15, 0.2) is 5.60 Å². The van der Waals surface area contributed by atoms with Gasteiger partial charge in [0.25, 0.3) is 5.91 Å². The van der Waals surface area contributed by atoms with Crippen molar-refractivity contribution < 1.29 is 14.3 Å². The van der Waals surface area contributed by atoms with Crippen molar-refractivity contribution in [1.29, 1.82) is 0 Å².